The lowest BCUT2D eigenvalue weighted by Gasteiger charge is -1.98. The zero-order valence-corrected chi connectivity index (χ0v) is 6.77. The normalized spacial score (nSPS) is 10.8. The summed E-state index contributed by atoms with van der Waals surface area (Å²) in [5.74, 6) is 0.306. The van der Waals surface area contributed by atoms with Crippen LogP contribution in [0.5, 0.6) is 5.75 Å². The highest BCUT2D eigenvalue weighted by Crippen LogP contribution is 2.15. The second kappa shape index (κ2) is 4.57. The van der Waals surface area contributed by atoms with Crippen molar-refractivity contribution < 1.29 is 10.2 Å². The molecule has 1 rings (SSSR count). The average molecular weight is 164 g/mol. The van der Waals surface area contributed by atoms with Crippen LogP contribution in [0, 0.1) is 0 Å². The summed E-state index contributed by atoms with van der Waals surface area (Å²) in [5, 5.41) is 17.8. The topological polar surface area (TPSA) is 40.5 Å². The third kappa shape index (κ3) is 2.40. The lowest BCUT2D eigenvalue weighted by atomic mass is 10.1. The maximum absolute atomic E-state index is 9.31. The summed E-state index contributed by atoms with van der Waals surface area (Å²) in [4.78, 5) is 0. The first-order valence-electron chi connectivity index (χ1n) is 3.87. The zero-order chi connectivity index (χ0) is 8.81. The van der Waals surface area contributed by atoms with Crippen LogP contribution in [0.25, 0.3) is 0 Å². The fourth-order valence-electron chi connectivity index (χ4n) is 0.968. The third-order valence-corrected chi connectivity index (χ3v) is 1.60. The predicted molar refractivity (Wildman–Crippen MR) is 48.0 cm³/mol. The average Bonchev–Trinajstić information content (AvgIpc) is 2.09. The van der Waals surface area contributed by atoms with Crippen molar-refractivity contribution in [2.45, 2.75) is 6.42 Å². The van der Waals surface area contributed by atoms with Crippen LogP contribution in [0.1, 0.15) is 5.56 Å². The van der Waals surface area contributed by atoms with Crippen molar-refractivity contribution in [3.63, 3.8) is 0 Å². The van der Waals surface area contributed by atoms with Gasteiger partial charge in [0.1, 0.15) is 5.75 Å². The van der Waals surface area contributed by atoms with Crippen molar-refractivity contribution in [1.82, 2.24) is 0 Å². The van der Waals surface area contributed by atoms with E-state index in [1.807, 2.05) is 18.2 Å². The summed E-state index contributed by atoms with van der Waals surface area (Å²) < 4.78 is 0. The maximum atomic E-state index is 9.31. The molecule has 0 heterocycles. The highest BCUT2D eigenvalue weighted by molar-refractivity contribution is 5.33. The van der Waals surface area contributed by atoms with Crippen molar-refractivity contribution in [1.29, 1.82) is 0 Å². The number of phenols is 1. The molecule has 64 valence electrons. The number of allylic oxidation sites excluding steroid dienone is 1. The molecule has 12 heavy (non-hydrogen) atoms. The zero-order valence-electron chi connectivity index (χ0n) is 6.77. The molecule has 0 aliphatic heterocycles. The molecule has 1 aromatic rings. The van der Waals surface area contributed by atoms with Crippen molar-refractivity contribution >= 4 is 0 Å². The van der Waals surface area contributed by atoms with Crippen molar-refractivity contribution in [2.75, 3.05) is 6.61 Å². The Morgan fingerprint density at radius 2 is 1.92 bits per heavy atom. The minimum atomic E-state index is 0.0492. The number of hydrogen-bond donors (Lipinski definition) is 2. The maximum Gasteiger partial charge on any atom is 0.119 e. The van der Waals surface area contributed by atoms with Gasteiger partial charge in [0, 0.05) is 0 Å². The van der Waals surface area contributed by atoms with E-state index in [1.54, 1.807) is 18.2 Å². The fraction of sp³-hybridized carbons (Fsp3) is 0.200. The molecule has 0 aliphatic rings. The van der Waals surface area contributed by atoms with Gasteiger partial charge in [0.15, 0.2) is 0 Å². The van der Waals surface area contributed by atoms with Crippen LogP contribution in [0.4, 0.5) is 0 Å². The van der Waals surface area contributed by atoms with Crippen molar-refractivity contribution in [3.8, 4) is 5.75 Å². The van der Waals surface area contributed by atoms with E-state index in [0.717, 1.165) is 5.56 Å². The number of para-hydroxylation sites is 1. The number of benzene rings is 1. The van der Waals surface area contributed by atoms with Crippen LogP contribution >= 0.6 is 0 Å². The number of aliphatic hydroxyl groups excluding tert-OH is 1. The van der Waals surface area contributed by atoms with Gasteiger partial charge in [-0.3, -0.25) is 0 Å². The number of hydrogen-bond acceptors (Lipinski definition) is 2. The Morgan fingerprint density at radius 3 is 2.58 bits per heavy atom. The van der Waals surface area contributed by atoms with Gasteiger partial charge in [-0.25, -0.2) is 0 Å². The van der Waals surface area contributed by atoms with E-state index in [2.05, 4.69) is 0 Å². The Morgan fingerprint density at radius 1 is 1.17 bits per heavy atom. The molecule has 0 bridgehead atoms. The van der Waals surface area contributed by atoms with Gasteiger partial charge in [0.2, 0.25) is 0 Å². The number of phenolic OH excluding ortho intramolecular Hbond substituents is 1. The molecule has 0 saturated carbocycles. The molecule has 0 saturated heterocycles. The molecular weight excluding hydrogens is 152 g/mol. The number of rotatable bonds is 3. The molecule has 0 atom stereocenters. The first-order chi connectivity index (χ1) is 5.84. The molecule has 0 amide bonds. The van der Waals surface area contributed by atoms with E-state index in [-0.39, 0.29) is 6.61 Å². The summed E-state index contributed by atoms with van der Waals surface area (Å²) in [6.07, 6.45) is 4.15. The molecule has 2 nitrogen and oxygen atoms in total. The molecule has 0 unspecified atom stereocenters. The van der Waals surface area contributed by atoms with Gasteiger partial charge >= 0.3 is 0 Å². The summed E-state index contributed by atoms with van der Waals surface area (Å²) in [6, 6.07) is 7.18. The van der Waals surface area contributed by atoms with Gasteiger partial charge in [0.25, 0.3) is 0 Å². The lowest BCUT2D eigenvalue weighted by molar-refractivity contribution is 0.342. The second-order valence-electron chi connectivity index (χ2n) is 2.49. The Labute approximate surface area is 71.8 Å². The molecule has 0 fully saturated rings. The Hall–Kier alpha value is -1.28. The van der Waals surface area contributed by atoms with Crippen LogP contribution in [-0.2, 0) is 6.42 Å². The van der Waals surface area contributed by atoms with Crippen LogP contribution in [-0.4, -0.2) is 16.8 Å². The number of aliphatic hydroxyl groups is 1. The standard InChI is InChI=1S/C10H12O2/c11-8-4-3-6-9-5-1-2-7-10(9)12/h1-5,7,11-12H,6,8H2/b4-3+. The quantitative estimate of drug-likeness (QED) is 0.664. The van der Waals surface area contributed by atoms with Crippen LogP contribution in [0.15, 0.2) is 36.4 Å². The molecule has 0 aliphatic carbocycles. The van der Waals surface area contributed by atoms with Crippen LogP contribution < -0.4 is 0 Å². The molecule has 2 N–H and O–H groups in total. The van der Waals surface area contributed by atoms with Gasteiger partial charge in [0.05, 0.1) is 6.61 Å². The molecule has 2 heteroatoms. The first kappa shape index (κ1) is 8.81. The summed E-state index contributed by atoms with van der Waals surface area (Å²) >= 11 is 0. The highest BCUT2D eigenvalue weighted by atomic mass is 16.3. The summed E-state index contributed by atoms with van der Waals surface area (Å²) in [5.41, 5.74) is 0.877. The van der Waals surface area contributed by atoms with Crippen LogP contribution in [0.3, 0.4) is 0 Å². The Balaban J connectivity index is 2.63. The van der Waals surface area contributed by atoms with Gasteiger partial charge in [-0.1, -0.05) is 30.4 Å². The lowest BCUT2D eigenvalue weighted by Crippen LogP contribution is -1.82. The van der Waals surface area contributed by atoms with Gasteiger partial charge < -0.3 is 10.2 Å². The largest absolute Gasteiger partial charge is 0.508 e. The van der Waals surface area contributed by atoms with E-state index >= 15 is 0 Å². The van der Waals surface area contributed by atoms with Crippen LogP contribution in [0.2, 0.25) is 0 Å². The minimum absolute atomic E-state index is 0.0492. The van der Waals surface area contributed by atoms with Crippen molar-refractivity contribution in [3.05, 3.63) is 42.0 Å². The fourth-order valence-corrected chi connectivity index (χ4v) is 0.968. The Bertz CT molecular complexity index is 266. The van der Waals surface area contributed by atoms with E-state index in [1.165, 1.54) is 0 Å². The third-order valence-electron chi connectivity index (χ3n) is 1.60. The van der Waals surface area contributed by atoms with E-state index in [4.69, 9.17) is 5.11 Å². The van der Waals surface area contributed by atoms with Gasteiger partial charge in [-0.2, -0.15) is 0 Å². The summed E-state index contributed by atoms with van der Waals surface area (Å²) in [7, 11) is 0. The predicted octanol–water partition coefficient (Wildman–Crippen LogP) is 1.48. The molecule has 0 radical (unpaired) electrons. The Kier molecular flexibility index (Phi) is 3.35. The second-order valence-corrected chi connectivity index (χ2v) is 2.49. The summed E-state index contributed by atoms with van der Waals surface area (Å²) in [6.45, 7) is 0.0492. The monoisotopic (exact) mass is 164 g/mol. The first-order valence-corrected chi connectivity index (χ1v) is 3.87. The molecule has 0 spiro atoms. The van der Waals surface area contributed by atoms with Crippen molar-refractivity contribution in [2.24, 2.45) is 0 Å². The highest BCUT2D eigenvalue weighted by Gasteiger charge is 1.94. The minimum Gasteiger partial charge on any atom is -0.508 e. The van der Waals surface area contributed by atoms with Gasteiger partial charge in [-0.05, 0) is 18.1 Å². The number of aromatic hydroxyl groups is 1. The smallest absolute Gasteiger partial charge is 0.119 e. The van der Waals surface area contributed by atoms with E-state index < -0.39 is 0 Å². The molecular formula is C10H12O2. The van der Waals surface area contributed by atoms with Gasteiger partial charge in [-0.15, -0.1) is 0 Å². The van der Waals surface area contributed by atoms with E-state index in [0.29, 0.717) is 12.2 Å². The van der Waals surface area contributed by atoms with E-state index in [9.17, 15) is 5.11 Å². The molecule has 1 aromatic carbocycles. The molecule has 0 aromatic heterocycles. The SMILES string of the molecule is OC/C=C/Cc1ccccc1O.